The van der Waals surface area contributed by atoms with Gasteiger partial charge in [-0.15, -0.1) is 0 Å². The maximum absolute atomic E-state index is 12.0. The summed E-state index contributed by atoms with van der Waals surface area (Å²) in [5, 5.41) is 5.07. The number of nitrogens with two attached hydrogens (primary N) is 1. The first-order chi connectivity index (χ1) is 9.84. The van der Waals surface area contributed by atoms with Crippen LogP contribution in [0.25, 0.3) is 11.3 Å². The van der Waals surface area contributed by atoms with Gasteiger partial charge >= 0.3 is 0 Å². The van der Waals surface area contributed by atoms with Crippen molar-refractivity contribution in [2.45, 2.75) is 11.8 Å². The van der Waals surface area contributed by atoms with Crippen LogP contribution in [0.5, 0.6) is 5.88 Å². The molecule has 21 heavy (non-hydrogen) atoms. The van der Waals surface area contributed by atoms with Gasteiger partial charge in [0.15, 0.2) is 0 Å². The molecule has 2 aromatic rings. The average Bonchev–Trinajstić information content (AvgIpc) is 2.41. The minimum atomic E-state index is -4.06. The van der Waals surface area contributed by atoms with Crippen molar-refractivity contribution in [2.75, 3.05) is 6.61 Å². The molecule has 0 spiro atoms. The second-order valence-corrected chi connectivity index (χ2v) is 5.96. The van der Waals surface area contributed by atoms with E-state index in [2.05, 4.69) is 9.97 Å². The third kappa shape index (κ3) is 3.23. The number of H-pyrrole nitrogens is 1. The summed E-state index contributed by atoms with van der Waals surface area (Å²) in [7, 11) is -4.06. The molecule has 0 fully saturated rings. The SMILES string of the molecule is CCOc1ccc(S(N)(=O)=O)c(-c2c[nH]cc(Cl)c2=O)n1. The van der Waals surface area contributed by atoms with Crippen molar-refractivity contribution in [3.05, 3.63) is 39.8 Å². The van der Waals surface area contributed by atoms with Gasteiger partial charge in [-0.25, -0.2) is 18.5 Å². The van der Waals surface area contributed by atoms with E-state index in [1.165, 1.54) is 24.5 Å². The molecular weight excluding hydrogens is 318 g/mol. The van der Waals surface area contributed by atoms with Crippen LogP contribution >= 0.6 is 11.6 Å². The van der Waals surface area contributed by atoms with E-state index in [-0.39, 0.29) is 27.1 Å². The highest BCUT2D eigenvalue weighted by atomic mass is 35.5. The van der Waals surface area contributed by atoms with Crippen molar-refractivity contribution in [1.29, 1.82) is 0 Å². The molecule has 2 aromatic heterocycles. The maximum Gasteiger partial charge on any atom is 0.240 e. The van der Waals surface area contributed by atoms with Gasteiger partial charge in [0.05, 0.1) is 17.9 Å². The Balaban J connectivity index is 2.78. The normalized spacial score (nSPS) is 11.4. The Morgan fingerprint density at radius 1 is 1.38 bits per heavy atom. The number of nitrogens with zero attached hydrogens (tertiary/aromatic N) is 1. The van der Waals surface area contributed by atoms with Crippen LogP contribution in [0.3, 0.4) is 0 Å². The first-order valence-corrected chi connectivity index (χ1v) is 7.80. The molecule has 0 saturated carbocycles. The molecule has 0 radical (unpaired) electrons. The molecular formula is C12H12ClN3O4S. The first-order valence-electron chi connectivity index (χ1n) is 5.88. The summed E-state index contributed by atoms with van der Waals surface area (Å²) in [6, 6.07) is 2.61. The predicted octanol–water partition coefficient (Wildman–Crippen LogP) is 1.14. The summed E-state index contributed by atoms with van der Waals surface area (Å²) in [6.45, 7) is 2.09. The van der Waals surface area contributed by atoms with Gasteiger partial charge in [0.1, 0.15) is 9.92 Å². The van der Waals surface area contributed by atoms with Crippen molar-refractivity contribution in [1.82, 2.24) is 9.97 Å². The van der Waals surface area contributed by atoms with Gasteiger partial charge in [0.25, 0.3) is 0 Å². The molecule has 0 saturated heterocycles. The predicted molar refractivity (Wildman–Crippen MR) is 77.8 cm³/mol. The third-order valence-corrected chi connectivity index (χ3v) is 3.81. The highest BCUT2D eigenvalue weighted by molar-refractivity contribution is 7.89. The maximum atomic E-state index is 12.0. The van der Waals surface area contributed by atoms with Crippen molar-refractivity contribution in [3.8, 4) is 17.1 Å². The zero-order valence-corrected chi connectivity index (χ0v) is 12.5. The Labute approximate surface area is 125 Å². The van der Waals surface area contributed by atoms with Crippen LogP contribution in [-0.4, -0.2) is 25.0 Å². The number of primary sulfonamides is 1. The van der Waals surface area contributed by atoms with E-state index in [1.807, 2.05) is 0 Å². The number of hydrogen-bond acceptors (Lipinski definition) is 5. The molecule has 0 bridgehead atoms. The van der Waals surface area contributed by atoms with Gasteiger partial charge in [0.2, 0.25) is 21.3 Å². The molecule has 0 aliphatic heterocycles. The topological polar surface area (TPSA) is 115 Å². The van der Waals surface area contributed by atoms with Crippen LogP contribution in [-0.2, 0) is 10.0 Å². The van der Waals surface area contributed by atoms with Gasteiger partial charge in [-0.2, -0.15) is 0 Å². The van der Waals surface area contributed by atoms with Crippen LogP contribution in [0.1, 0.15) is 6.92 Å². The van der Waals surface area contributed by atoms with Crippen molar-refractivity contribution < 1.29 is 13.2 Å². The average molecular weight is 330 g/mol. The van der Waals surface area contributed by atoms with Gasteiger partial charge < -0.3 is 9.72 Å². The highest BCUT2D eigenvalue weighted by Gasteiger charge is 2.20. The van der Waals surface area contributed by atoms with E-state index in [4.69, 9.17) is 21.5 Å². The number of aromatic amines is 1. The number of rotatable bonds is 4. The summed E-state index contributed by atoms with van der Waals surface area (Å²) in [5.74, 6) is 0.180. The van der Waals surface area contributed by atoms with E-state index >= 15 is 0 Å². The van der Waals surface area contributed by atoms with Crippen molar-refractivity contribution in [3.63, 3.8) is 0 Å². The third-order valence-electron chi connectivity index (χ3n) is 2.59. The Bertz CT molecular complexity index is 833. The molecule has 9 heteroatoms. The monoisotopic (exact) mass is 329 g/mol. The lowest BCUT2D eigenvalue weighted by molar-refractivity contribution is 0.327. The Morgan fingerprint density at radius 3 is 2.71 bits per heavy atom. The Kier molecular flexibility index (Phi) is 4.31. The number of ether oxygens (including phenoxy) is 1. The lowest BCUT2D eigenvalue weighted by Crippen LogP contribution is -2.17. The van der Waals surface area contributed by atoms with Gasteiger partial charge in [-0.1, -0.05) is 11.6 Å². The van der Waals surface area contributed by atoms with Crippen LogP contribution in [0, 0.1) is 0 Å². The molecule has 0 amide bonds. The van der Waals surface area contributed by atoms with E-state index in [0.717, 1.165) is 0 Å². The zero-order chi connectivity index (χ0) is 15.6. The van der Waals surface area contributed by atoms with Gasteiger partial charge in [-0.05, 0) is 13.0 Å². The molecule has 3 N–H and O–H groups in total. The number of halogens is 1. The molecule has 7 nitrogen and oxygen atoms in total. The van der Waals surface area contributed by atoms with E-state index < -0.39 is 15.5 Å². The van der Waals surface area contributed by atoms with Crippen LogP contribution in [0.4, 0.5) is 0 Å². The molecule has 2 rings (SSSR count). The molecule has 0 aliphatic rings. The fourth-order valence-electron chi connectivity index (χ4n) is 1.71. The zero-order valence-electron chi connectivity index (χ0n) is 11.0. The van der Waals surface area contributed by atoms with E-state index in [9.17, 15) is 13.2 Å². The number of aromatic nitrogens is 2. The first kappa shape index (κ1) is 15.5. The fourth-order valence-corrected chi connectivity index (χ4v) is 2.56. The molecule has 0 aromatic carbocycles. The Morgan fingerprint density at radius 2 is 2.10 bits per heavy atom. The summed E-state index contributed by atoms with van der Waals surface area (Å²) in [6.07, 6.45) is 2.59. The lowest BCUT2D eigenvalue weighted by atomic mass is 10.2. The fraction of sp³-hybridized carbons (Fsp3) is 0.167. The van der Waals surface area contributed by atoms with E-state index in [0.29, 0.717) is 6.61 Å². The summed E-state index contributed by atoms with van der Waals surface area (Å²) in [4.78, 5) is 18.5. The molecule has 0 atom stereocenters. The number of sulfonamides is 1. The highest BCUT2D eigenvalue weighted by Crippen LogP contribution is 2.25. The summed E-state index contributed by atoms with van der Waals surface area (Å²) >= 11 is 5.75. The van der Waals surface area contributed by atoms with Crippen molar-refractivity contribution in [2.24, 2.45) is 5.14 Å². The Hall–Kier alpha value is -1.90. The second kappa shape index (κ2) is 5.84. The number of hydrogen-bond donors (Lipinski definition) is 2. The van der Waals surface area contributed by atoms with Gasteiger partial charge in [0, 0.05) is 18.5 Å². The molecule has 2 heterocycles. The molecule has 112 valence electrons. The van der Waals surface area contributed by atoms with Crippen LogP contribution in [0.15, 0.2) is 34.2 Å². The standard InChI is InChI=1S/C12H12ClN3O4S/c1-2-20-10-4-3-9(21(14,18)19)11(16-10)7-5-15-6-8(13)12(7)17/h3-6H,2H2,1H3,(H,15,17)(H2,14,18,19). The quantitative estimate of drug-likeness (QED) is 0.872. The van der Waals surface area contributed by atoms with Crippen molar-refractivity contribution >= 4 is 21.6 Å². The summed E-state index contributed by atoms with van der Waals surface area (Å²) in [5.41, 5.74) is -0.665. The minimum Gasteiger partial charge on any atom is -0.478 e. The van der Waals surface area contributed by atoms with Gasteiger partial charge in [-0.3, -0.25) is 4.79 Å². The second-order valence-electron chi connectivity index (χ2n) is 4.02. The minimum absolute atomic E-state index is 0.00641. The number of pyridine rings is 2. The smallest absolute Gasteiger partial charge is 0.240 e. The van der Waals surface area contributed by atoms with Crippen LogP contribution < -0.4 is 15.3 Å². The van der Waals surface area contributed by atoms with Crippen LogP contribution in [0.2, 0.25) is 5.02 Å². The summed E-state index contributed by atoms with van der Waals surface area (Å²) < 4.78 is 28.5. The largest absolute Gasteiger partial charge is 0.478 e. The van der Waals surface area contributed by atoms with E-state index in [1.54, 1.807) is 6.92 Å². The lowest BCUT2D eigenvalue weighted by Gasteiger charge is -2.09. The number of nitrogens with one attached hydrogen (secondary N) is 1. The molecule has 0 unspecified atom stereocenters. The molecule has 0 aliphatic carbocycles.